The number of aromatic nitrogens is 1. The van der Waals surface area contributed by atoms with Crippen LogP contribution in [0.15, 0.2) is 36.0 Å². The van der Waals surface area contributed by atoms with Crippen LogP contribution < -0.4 is 5.32 Å². The highest BCUT2D eigenvalue weighted by molar-refractivity contribution is 7.09. The molecule has 0 aliphatic carbocycles. The zero-order valence-electron chi connectivity index (χ0n) is 10.4. The van der Waals surface area contributed by atoms with Crippen molar-refractivity contribution in [3.63, 3.8) is 0 Å². The summed E-state index contributed by atoms with van der Waals surface area (Å²) < 4.78 is 0. The average molecular weight is 261 g/mol. The molecule has 0 saturated carbocycles. The first-order valence-corrected chi connectivity index (χ1v) is 6.50. The molecule has 0 saturated heterocycles. The Kier molecular flexibility index (Phi) is 3.94. The number of nitrogens with zero attached hydrogens (tertiary/aromatic N) is 2. The molecule has 0 radical (unpaired) electrons. The van der Waals surface area contributed by atoms with Crippen molar-refractivity contribution in [3.8, 4) is 0 Å². The van der Waals surface area contributed by atoms with E-state index in [1.54, 1.807) is 48.8 Å². The maximum Gasteiger partial charge on any atom is 0.257 e. The van der Waals surface area contributed by atoms with Crippen molar-refractivity contribution in [2.75, 3.05) is 19.4 Å². The fraction of sp³-hybridized carbons (Fsp3) is 0.231. The van der Waals surface area contributed by atoms with Crippen molar-refractivity contribution >= 4 is 22.9 Å². The van der Waals surface area contributed by atoms with Crippen LogP contribution in [0.3, 0.4) is 0 Å². The molecule has 0 atom stereocenters. The second kappa shape index (κ2) is 5.64. The van der Waals surface area contributed by atoms with Gasteiger partial charge < -0.3 is 10.2 Å². The van der Waals surface area contributed by atoms with Gasteiger partial charge in [-0.05, 0) is 17.5 Å². The lowest BCUT2D eigenvalue weighted by Crippen LogP contribution is -2.26. The topological polar surface area (TPSA) is 45.2 Å². The predicted octanol–water partition coefficient (Wildman–Crippen LogP) is 2.46. The molecule has 1 N–H and O–H groups in total. The highest BCUT2D eigenvalue weighted by atomic mass is 32.1. The van der Waals surface area contributed by atoms with Crippen molar-refractivity contribution < 1.29 is 4.79 Å². The zero-order valence-corrected chi connectivity index (χ0v) is 11.2. The van der Waals surface area contributed by atoms with Crippen LogP contribution in [0, 0.1) is 0 Å². The summed E-state index contributed by atoms with van der Waals surface area (Å²) in [6.45, 7) is 0.620. The number of pyridine rings is 1. The number of hydrogen-bond acceptors (Lipinski definition) is 4. The number of carbonyl (C=O) groups is 1. The summed E-state index contributed by atoms with van der Waals surface area (Å²) in [7, 11) is 3.60. The van der Waals surface area contributed by atoms with Crippen molar-refractivity contribution in [1.29, 1.82) is 0 Å². The summed E-state index contributed by atoms with van der Waals surface area (Å²) in [6, 6.07) is 5.81. The molecule has 0 unspecified atom stereocenters. The third kappa shape index (κ3) is 2.68. The number of thiophene rings is 1. The quantitative estimate of drug-likeness (QED) is 0.919. The van der Waals surface area contributed by atoms with E-state index in [1.807, 2.05) is 17.5 Å². The Labute approximate surface area is 110 Å². The normalized spacial score (nSPS) is 10.1. The molecule has 0 aliphatic heterocycles. The van der Waals surface area contributed by atoms with E-state index < -0.39 is 0 Å². The first-order valence-electron chi connectivity index (χ1n) is 5.62. The van der Waals surface area contributed by atoms with Gasteiger partial charge in [0, 0.05) is 37.1 Å². The lowest BCUT2D eigenvalue weighted by atomic mass is 10.2. The van der Waals surface area contributed by atoms with E-state index >= 15 is 0 Å². The van der Waals surface area contributed by atoms with Crippen LogP contribution in [0.2, 0.25) is 0 Å². The first kappa shape index (κ1) is 12.6. The Hall–Kier alpha value is -1.88. The molecule has 1 amide bonds. The second-order valence-corrected chi connectivity index (χ2v) is 4.94. The van der Waals surface area contributed by atoms with Gasteiger partial charge in [0.15, 0.2) is 0 Å². The monoisotopic (exact) mass is 261 g/mol. The molecule has 0 aromatic carbocycles. The third-order valence-electron chi connectivity index (χ3n) is 2.64. The van der Waals surface area contributed by atoms with Crippen LogP contribution in [-0.4, -0.2) is 29.9 Å². The fourth-order valence-electron chi connectivity index (χ4n) is 1.70. The molecule has 0 spiro atoms. The van der Waals surface area contributed by atoms with E-state index in [9.17, 15) is 4.79 Å². The van der Waals surface area contributed by atoms with Gasteiger partial charge in [0.05, 0.1) is 12.1 Å². The smallest absolute Gasteiger partial charge is 0.257 e. The van der Waals surface area contributed by atoms with Gasteiger partial charge in [-0.1, -0.05) is 6.07 Å². The number of nitrogens with one attached hydrogen (secondary N) is 1. The van der Waals surface area contributed by atoms with Crippen LogP contribution >= 0.6 is 11.3 Å². The van der Waals surface area contributed by atoms with Crippen LogP contribution in [0.25, 0.3) is 0 Å². The summed E-state index contributed by atoms with van der Waals surface area (Å²) in [4.78, 5) is 19.2. The lowest BCUT2D eigenvalue weighted by Gasteiger charge is -2.17. The number of amides is 1. The Morgan fingerprint density at radius 1 is 1.50 bits per heavy atom. The molecule has 0 fully saturated rings. The van der Waals surface area contributed by atoms with Gasteiger partial charge in [-0.25, -0.2) is 0 Å². The van der Waals surface area contributed by atoms with Crippen molar-refractivity contribution in [1.82, 2.24) is 9.88 Å². The van der Waals surface area contributed by atoms with Crippen molar-refractivity contribution in [2.24, 2.45) is 0 Å². The molecular formula is C13H15N3OS. The van der Waals surface area contributed by atoms with Gasteiger partial charge in [0.1, 0.15) is 0 Å². The molecule has 2 aromatic rings. The minimum atomic E-state index is -0.0270. The number of carbonyl (C=O) groups excluding carboxylic acids is 1. The summed E-state index contributed by atoms with van der Waals surface area (Å²) in [6.07, 6.45) is 3.26. The van der Waals surface area contributed by atoms with E-state index in [2.05, 4.69) is 10.3 Å². The molecule has 0 aliphatic rings. The second-order valence-electron chi connectivity index (χ2n) is 3.91. The van der Waals surface area contributed by atoms with Gasteiger partial charge in [-0.15, -0.1) is 11.3 Å². The third-order valence-corrected chi connectivity index (χ3v) is 3.50. The zero-order chi connectivity index (χ0) is 13.0. The summed E-state index contributed by atoms with van der Waals surface area (Å²) >= 11 is 1.65. The highest BCUT2D eigenvalue weighted by Crippen LogP contribution is 2.17. The summed E-state index contributed by atoms with van der Waals surface area (Å²) in [5.74, 6) is -0.0270. The molecular weight excluding hydrogens is 246 g/mol. The maximum atomic E-state index is 12.3. The minimum Gasteiger partial charge on any atom is -0.387 e. The van der Waals surface area contributed by atoms with E-state index in [0.29, 0.717) is 12.1 Å². The Balaban J connectivity index is 2.15. The van der Waals surface area contributed by atoms with Gasteiger partial charge >= 0.3 is 0 Å². The van der Waals surface area contributed by atoms with E-state index in [4.69, 9.17) is 0 Å². The number of rotatable bonds is 4. The summed E-state index contributed by atoms with van der Waals surface area (Å²) in [5, 5.41) is 5.02. The SMILES string of the molecule is CNc1ccncc1C(=O)N(C)Cc1cccs1. The molecule has 2 rings (SSSR count). The highest BCUT2D eigenvalue weighted by Gasteiger charge is 2.15. The van der Waals surface area contributed by atoms with Crippen LogP contribution in [0.5, 0.6) is 0 Å². The molecule has 2 heterocycles. The minimum absolute atomic E-state index is 0.0270. The summed E-state index contributed by atoms with van der Waals surface area (Å²) in [5.41, 5.74) is 1.40. The lowest BCUT2D eigenvalue weighted by molar-refractivity contribution is 0.0787. The fourth-order valence-corrected chi connectivity index (χ4v) is 2.45. The van der Waals surface area contributed by atoms with Crippen LogP contribution in [0.4, 0.5) is 5.69 Å². The standard InChI is InChI=1S/C13H15N3OS/c1-14-12-5-6-15-8-11(12)13(17)16(2)9-10-4-3-7-18-10/h3-8H,9H2,1-2H3,(H,14,15). The van der Waals surface area contributed by atoms with Gasteiger partial charge in [0.25, 0.3) is 5.91 Å². The molecule has 0 bridgehead atoms. The molecule has 5 heteroatoms. The van der Waals surface area contributed by atoms with Crippen LogP contribution in [0.1, 0.15) is 15.2 Å². The number of hydrogen-bond donors (Lipinski definition) is 1. The van der Waals surface area contributed by atoms with Gasteiger partial charge in [-0.3, -0.25) is 9.78 Å². The van der Waals surface area contributed by atoms with Crippen molar-refractivity contribution in [3.05, 3.63) is 46.4 Å². The Bertz CT molecular complexity index is 525. The maximum absolute atomic E-state index is 12.3. The van der Waals surface area contributed by atoms with E-state index in [0.717, 1.165) is 5.69 Å². The average Bonchev–Trinajstić information content (AvgIpc) is 2.90. The Morgan fingerprint density at radius 3 is 3.00 bits per heavy atom. The van der Waals surface area contributed by atoms with E-state index in [-0.39, 0.29) is 5.91 Å². The molecule has 4 nitrogen and oxygen atoms in total. The van der Waals surface area contributed by atoms with Gasteiger partial charge in [-0.2, -0.15) is 0 Å². The molecule has 2 aromatic heterocycles. The molecule has 94 valence electrons. The van der Waals surface area contributed by atoms with Crippen LogP contribution in [-0.2, 0) is 6.54 Å². The van der Waals surface area contributed by atoms with E-state index in [1.165, 1.54) is 4.88 Å². The first-order chi connectivity index (χ1) is 8.72. The molecule has 18 heavy (non-hydrogen) atoms. The Morgan fingerprint density at radius 2 is 2.33 bits per heavy atom. The van der Waals surface area contributed by atoms with Crippen molar-refractivity contribution in [2.45, 2.75) is 6.54 Å². The predicted molar refractivity (Wildman–Crippen MR) is 73.9 cm³/mol. The number of anilines is 1. The largest absolute Gasteiger partial charge is 0.387 e. The van der Waals surface area contributed by atoms with Gasteiger partial charge in [0.2, 0.25) is 0 Å².